The summed E-state index contributed by atoms with van der Waals surface area (Å²) in [5.74, 6) is 0.00637. The number of nitrogens with one attached hydrogen (secondary N) is 1. The number of halogens is 1. The molecule has 0 unspecified atom stereocenters. The number of hydrogen-bond acceptors (Lipinski definition) is 3. The van der Waals surface area contributed by atoms with Crippen LogP contribution >= 0.6 is 27.3 Å². The molecule has 0 atom stereocenters. The maximum Gasteiger partial charge on any atom is 0.244 e. The zero-order valence-corrected chi connectivity index (χ0v) is 12.8. The number of rotatable bonds is 3. The topological polar surface area (TPSA) is 32.3 Å². The Morgan fingerprint density at radius 2 is 2.28 bits per heavy atom. The van der Waals surface area contributed by atoms with E-state index in [4.69, 9.17) is 0 Å². The van der Waals surface area contributed by atoms with E-state index >= 15 is 0 Å². The average Bonchev–Trinajstić information content (AvgIpc) is 2.76. The van der Waals surface area contributed by atoms with E-state index in [1.165, 1.54) is 0 Å². The summed E-state index contributed by atoms with van der Waals surface area (Å²) >= 11 is 5.02. The molecule has 0 radical (unpaired) electrons. The van der Waals surface area contributed by atoms with Crippen molar-refractivity contribution in [3.8, 4) is 0 Å². The van der Waals surface area contributed by atoms with Gasteiger partial charge in [-0.25, -0.2) is 0 Å². The van der Waals surface area contributed by atoms with Gasteiger partial charge in [0, 0.05) is 12.1 Å². The molecule has 3 nitrogen and oxygen atoms in total. The van der Waals surface area contributed by atoms with Crippen molar-refractivity contribution < 1.29 is 4.79 Å². The molecule has 0 bridgehead atoms. The van der Waals surface area contributed by atoms with Crippen LogP contribution < -0.4 is 5.32 Å². The predicted octanol–water partition coefficient (Wildman–Crippen LogP) is 2.73. The monoisotopic (exact) mass is 328 g/mol. The largest absolute Gasteiger partial charge is 0.350 e. The number of carbonyl (C=O) groups is 1. The molecular formula is C13H17BrN2OS. The normalized spacial score (nSPS) is 18.3. The second-order valence-corrected chi connectivity index (χ2v) is 6.89. The van der Waals surface area contributed by atoms with Crippen LogP contribution in [-0.4, -0.2) is 37.0 Å². The third kappa shape index (κ3) is 4.23. The molecule has 1 N–H and O–H groups in total. The third-order valence-electron chi connectivity index (χ3n) is 3.08. The molecule has 0 saturated carbocycles. The van der Waals surface area contributed by atoms with Gasteiger partial charge in [-0.3, -0.25) is 4.79 Å². The van der Waals surface area contributed by atoms with Gasteiger partial charge in [-0.2, -0.15) is 0 Å². The van der Waals surface area contributed by atoms with Crippen LogP contribution in [0, 0.1) is 0 Å². The van der Waals surface area contributed by atoms with Crippen LogP contribution in [0.1, 0.15) is 18.4 Å². The number of thiophene rings is 1. The Hall–Kier alpha value is -0.650. The van der Waals surface area contributed by atoms with Crippen LogP contribution in [0.4, 0.5) is 0 Å². The highest BCUT2D eigenvalue weighted by Crippen LogP contribution is 2.21. The second kappa shape index (κ2) is 6.50. The Morgan fingerprint density at radius 1 is 1.56 bits per heavy atom. The fraction of sp³-hybridized carbons (Fsp3) is 0.462. The lowest BCUT2D eigenvalue weighted by Crippen LogP contribution is -2.42. The van der Waals surface area contributed by atoms with Gasteiger partial charge in [-0.1, -0.05) is 0 Å². The number of carbonyl (C=O) groups excluding carboxylic acids is 1. The van der Waals surface area contributed by atoms with Gasteiger partial charge in [-0.15, -0.1) is 11.3 Å². The third-order valence-corrected chi connectivity index (χ3v) is 4.60. The van der Waals surface area contributed by atoms with Crippen molar-refractivity contribution in [1.82, 2.24) is 10.2 Å². The molecule has 1 aromatic rings. The van der Waals surface area contributed by atoms with Crippen molar-refractivity contribution >= 4 is 39.2 Å². The van der Waals surface area contributed by atoms with E-state index in [2.05, 4.69) is 33.2 Å². The first kappa shape index (κ1) is 13.8. The molecule has 0 aromatic carbocycles. The number of likely N-dealkylation sites (tertiary alicyclic amines) is 1. The Balaban J connectivity index is 1.80. The molecule has 1 aliphatic rings. The van der Waals surface area contributed by atoms with Crippen LogP contribution in [0.25, 0.3) is 6.08 Å². The van der Waals surface area contributed by atoms with Crippen molar-refractivity contribution in [3.63, 3.8) is 0 Å². The quantitative estimate of drug-likeness (QED) is 0.865. The van der Waals surface area contributed by atoms with Crippen LogP contribution in [0.5, 0.6) is 0 Å². The summed E-state index contributed by atoms with van der Waals surface area (Å²) in [6.45, 7) is 2.12. The minimum Gasteiger partial charge on any atom is -0.350 e. The highest BCUT2D eigenvalue weighted by molar-refractivity contribution is 9.11. The SMILES string of the molecule is CN1CCC(NC(=O)C=Cc2csc(Br)c2)CC1. The summed E-state index contributed by atoms with van der Waals surface area (Å²) in [5.41, 5.74) is 1.06. The lowest BCUT2D eigenvalue weighted by Gasteiger charge is -2.29. The van der Waals surface area contributed by atoms with Gasteiger partial charge in [0.2, 0.25) is 5.91 Å². The smallest absolute Gasteiger partial charge is 0.244 e. The number of nitrogens with zero attached hydrogens (tertiary/aromatic N) is 1. The second-order valence-electron chi connectivity index (χ2n) is 4.60. The van der Waals surface area contributed by atoms with Gasteiger partial charge in [0.15, 0.2) is 0 Å². The van der Waals surface area contributed by atoms with Crippen molar-refractivity contribution in [2.24, 2.45) is 0 Å². The van der Waals surface area contributed by atoms with Gasteiger partial charge in [0.05, 0.1) is 3.79 Å². The van der Waals surface area contributed by atoms with Crippen molar-refractivity contribution in [3.05, 3.63) is 26.9 Å². The fourth-order valence-corrected chi connectivity index (χ4v) is 3.13. The Labute approximate surface area is 120 Å². The molecule has 2 heterocycles. The summed E-state index contributed by atoms with van der Waals surface area (Å²) in [7, 11) is 2.12. The lowest BCUT2D eigenvalue weighted by atomic mass is 10.1. The van der Waals surface area contributed by atoms with Crippen molar-refractivity contribution in [2.45, 2.75) is 18.9 Å². The van der Waals surface area contributed by atoms with E-state index in [0.717, 1.165) is 35.3 Å². The molecule has 5 heteroatoms. The summed E-state index contributed by atoms with van der Waals surface area (Å²) in [6.07, 6.45) is 5.55. The minimum atomic E-state index is 0.00637. The zero-order valence-electron chi connectivity index (χ0n) is 10.4. The minimum absolute atomic E-state index is 0.00637. The van der Waals surface area contributed by atoms with E-state index in [1.54, 1.807) is 17.4 Å². The van der Waals surface area contributed by atoms with Gasteiger partial charge in [0.25, 0.3) is 0 Å². The maximum atomic E-state index is 11.8. The van der Waals surface area contributed by atoms with Gasteiger partial charge < -0.3 is 10.2 Å². The lowest BCUT2D eigenvalue weighted by molar-refractivity contribution is -0.117. The summed E-state index contributed by atoms with van der Waals surface area (Å²) in [4.78, 5) is 14.0. The Morgan fingerprint density at radius 3 is 2.89 bits per heavy atom. The maximum absolute atomic E-state index is 11.8. The molecular weight excluding hydrogens is 312 g/mol. The Kier molecular flexibility index (Phi) is 4.97. The molecule has 98 valence electrons. The van der Waals surface area contributed by atoms with E-state index in [1.807, 2.05) is 17.5 Å². The van der Waals surface area contributed by atoms with Gasteiger partial charge in [-0.05, 0) is 72.0 Å². The average molecular weight is 329 g/mol. The first-order chi connectivity index (χ1) is 8.63. The van der Waals surface area contributed by atoms with Crippen molar-refractivity contribution in [1.29, 1.82) is 0 Å². The van der Waals surface area contributed by atoms with Gasteiger partial charge >= 0.3 is 0 Å². The summed E-state index contributed by atoms with van der Waals surface area (Å²) in [6, 6.07) is 2.33. The molecule has 1 aromatic heterocycles. The highest BCUT2D eigenvalue weighted by Gasteiger charge is 2.17. The first-order valence-corrected chi connectivity index (χ1v) is 7.72. The summed E-state index contributed by atoms with van der Waals surface area (Å²) in [5, 5.41) is 5.07. The van der Waals surface area contributed by atoms with Crippen LogP contribution in [0.3, 0.4) is 0 Å². The van der Waals surface area contributed by atoms with E-state index in [0.29, 0.717) is 6.04 Å². The van der Waals surface area contributed by atoms with Crippen molar-refractivity contribution in [2.75, 3.05) is 20.1 Å². The number of hydrogen-bond donors (Lipinski definition) is 1. The zero-order chi connectivity index (χ0) is 13.0. The molecule has 2 rings (SSSR count). The standard InChI is InChI=1S/C13H17BrN2OS/c1-16-6-4-11(5-7-16)15-13(17)3-2-10-8-12(14)18-9-10/h2-3,8-9,11H,4-7H2,1H3,(H,15,17). The molecule has 1 aliphatic heterocycles. The van der Waals surface area contributed by atoms with Crippen LogP contribution in [0.15, 0.2) is 21.3 Å². The van der Waals surface area contributed by atoms with E-state index in [9.17, 15) is 4.79 Å². The van der Waals surface area contributed by atoms with E-state index < -0.39 is 0 Å². The van der Waals surface area contributed by atoms with Crippen LogP contribution in [-0.2, 0) is 4.79 Å². The molecule has 0 aliphatic carbocycles. The van der Waals surface area contributed by atoms with Gasteiger partial charge in [0.1, 0.15) is 0 Å². The van der Waals surface area contributed by atoms with Crippen LogP contribution in [0.2, 0.25) is 0 Å². The molecule has 0 spiro atoms. The number of piperidine rings is 1. The molecule has 1 saturated heterocycles. The molecule has 18 heavy (non-hydrogen) atoms. The Bertz CT molecular complexity index is 436. The fourth-order valence-electron chi connectivity index (χ4n) is 1.98. The first-order valence-electron chi connectivity index (χ1n) is 6.04. The highest BCUT2D eigenvalue weighted by atomic mass is 79.9. The molecule has 1 fully saturated rings. The number of amides is 1. The summed E-state index contributed by atoms with van der Waals surface area (Å²) < 4.78 is 1.08. The molecule has 1 amide bonds. The predicted molar refractivity (Wildman–Crippen MR) is 79.7 cm³/mol. The van der Waals surface area contributed by atoms with E-state index in [-0.39, 0.29) is 5.91 Å².